The monoisotopic (exact) mass is 283 g/mol. The summed E-state index contributed by atoms with van der Waals surface area (Å²) >= 11 is 0. The number of aromatic nitrogens is 2. The first-order valence-corrected chi connectivity index (χ1v) is 6.52. The lowest BCUT2D eigenvalue weighted by Gasteiger charge is -2.08. The van der Waals surface area contributed by atoms with Crippen molar-refractivity contribution in [2.75, 3.05) is 5.32 Å². The number of phenols is 1. The fourth-order valence-electron chi connectivity index (χ4n) is 2.12. The summed E-state index contributed by atoms with van der Waals surface area (Å²) in [6.07, 6.45) is 3.40. The zero-order valence-electron chi connectivity index (χ0n) is 11.2. The summed E-state index contributed by atoms with van der Waals surface area (Å²) in [6.45, 7) is 0.439. The fourth-order valence-corrected chi connectivity index (χ4v) is 2.12. The van der Waals surface area contributed by atoms with Gasteiger partial charge in [0.15, 0.2) is 0 Å². The molecule has 0 atom stereocenters. The van der Waals surface area contributed by atoms with E-state index in [1.54, 1.807) is 12.5 Å². The molecule has 4 nitrogen and oxygen atoms in total. The van der Waals surface area contributed by atoms with E-state index >= 15 is 0 Å². The number of nitrogens with zero attached hydrogens (tertiary/aromatic N) is 1. The molecular formula is C16H14FN3O. The number of nitrogens with one attached hydrogen (secondary N) is 2. The van der Waals surface area contributed by atoms with Gasteiger partial charge in [0.05, 0.1) is 18.2 Å². The highest BCUT2D eigenvalue weighted by Gasteiger charge is 2.01. The average molecular weight is 283 g/mol. The molecule has 3 aromatic rings. The largest absolute Gasteiger partial charge is 0.508 e. The normalized spacial score (nSPS) is 10.5. The van der Waals surface area contributed by atoms with Crippen LogP contribution < -0.4 is 5.32 Å². The van der Waals surface area contributed by atoms with Crippen molar-refractivity contribution in [2.45, 2.75) is 6.54 Å². The number of phenolic OH excluding ortho intramolecular Hbond substituents is 1. The first-order chi connectivity index (χ1) is 10.2. The molecule has 106 valence electrons. The summed E-state index contributed by atoms with van der Waals surface area (Å²) in [7, 11) is 0. The van der Waals surface area contributed by atoms with E-state index in [-0.39, 0.29) is 5.75 Å². The van der Waals surface area contributed by atoms with Gasteiger partial charge in [0.2, 0.25) is 0 Å². The third-order valence-corrected chi connectivity index (χ3v) is 3.13. The molecule has 0 bridgehead atoms. The molecular weight excluding hydrogens is 269 g/mol. The molecule has 2 aromatic carbocycles. The number of aromatic amines is 1. The van der Waals surface area contributed by atoms with Crippen LogP contribution in [0.3, 0.4) is 0 Å². The smallest absolute Gasteiger partial charge is 0.127 e. The molecule has 0 aliphatic carbocycles. The predicted octanol–water partition coefficient (Wildman–Crippen LogP) is 3.53. The summed E-state index contributed by atoms with van der Waals surface area (Å²) in [6, 6.07) is 11.8. The lowest BCUT2D eigenvalue weighted by Crippen LogP contribution is -1.99. The van der Waals surface area contributed by atoms with Gasteiger partial charge in [-0.1, -0.05) is 12.1 Å². The number of H-pyrrole nitrogens is 1. The van der Waals surface area contributed by atoms with E-state index in [2.05, 4.69) is 15.3 Å². The molecule has 3 rings (SSSR count). The summed E-state index contributed by atoms with van der Waals surface area (Å²) in [5, 5.41) is 12.5. The number of hydrogen-bond acceptors (Lipinski definition) is 3. The third-order valence-electron chi connectivity index (χ3n) is 3.13. The van der Waals surface area contributed by atoms with Crippen LogP contribution in [0.1, 0.15) is 5.56 Å². The number of anilines is 1. The van der Waals surface area contributed by atoms with Crippen molar-refractivity contribution in [1.29, 1.82) is 0 Å². The lowest BCUT2D eigenvalue weighted by molar-refractivity contribution is 0.468. The minimum Gasteiger partial charge on any atom is -0.508 e. The van der Waals surface area contributed by atoms with Crippen molar-refractivity contribution in [1.82, 2.24) is 9.97 Å². The first kappa shape index (κ1) is 13.2. The zero-order valence-corrected chi connectivity index (χ0v) is 11.2. The molecule has 1 heterocycles. The van der Waals surface area contributed by atoms with Gasteiger partial charge in [0.1, 0.15) is 11.6 Å². The molecule has 3 N–H and O–H groups in total. The molecule has 0 saturated carbocycles. The molecule has 0 amide bonds. The maximum absolute atomic E-state index is 13.2. The Balaban J connectivity index is 1.68. The minimum absolute atomic E-state index is 0.0682. The van der Waals surface area contributed by atoms with E-state index in [1.165, 1.54) is 12.1 Å². The van der Waals surface area contributed by atoms with Crippen molar-refractivity contribution in [3.05, 3.63) is 66.4 Å². The van der Waals surface area contributed by atoms with Crippen LogP contribution >= 0.6 is 0 Å². The minimum atomic E-state index is -0.443. The Hall–Kier alpha value is -2.82. The maximum Gasteiger partial charge on any atom is 0.127 e. The number of imidazole rings is 1. The molecule has 0 radical (unpaired) electrons. The van der Waals surface area contributed by atoms with Crippen LogP contribution in [0.5, 0.6) is 5.75 Å². The molecule has 0 fully saturated rings. The second kappa shape index (κ2) is 5.66. The van der Waals surface area contributed by atoms with Gasteiger partial charge in [-0.3, -0.25) is 0 Å². The van der Waals surface area contributed by atoms with Gasteiger partial charge in [-0.25, -0.2) is 9.37 Å². The van der Waals surface area contributed by atoms with E-state index in [0.717, 1.165) is 23.0 Å². The molecule has 0 spiro atoms. The average Bonchev–Trinajstić information content (AvgIpc) is 2.99. The van der Waals surface area contributed by atoms with Crippen molar-refractivity contribution in [2.24, 2.45) is 0 Å². The Morgan fingerprint density at radius 2 is 1.95 bits per heavy atom. The van der Waals surface area contributed by atoms with Crippen LogP contribution in [-0.2, 0) is 6.54 Å². The molecule has 0 aliphatic heterocycles. The fraction of sp³-hybridized carbons (Fsp3) is 0.0625. The SMILES string of the molecule is Oc1cc(F)cc(CNc2ccc(-c3cnc[nH]3)cc2)c1. The standard InChI is InChI=1S/C16H14FN3O/c17-13-5-11(6-15(21)7-13)8-19-14-3-1-12(2-4-14)16-9-18-10-20-16/h1-7,9-10,19,21H,8H2,(H,18,20). The van der Waals surface area contributed by atoms with Gasteiger partial charge < -0.3 is 15.4 Å². The molecule has 0 saturated heterocycles. The Bertz CT molecular complexity index is 704. The van der Waals surface area contributed by atoms with E-state index < -0.39 is 5.82 Å². The molecule has 0 unspecified atom stereocenters. The second-order valence-corrected chi connectivity index (χ2v) is 4.71. The lowest BCUT2D eigenvalue weighted by atomic mass is 10.1. The summed E-state index contributed by atoms with van der Waals surface area (Å²) in [5.74, 6) is -0.511. The molecule has 1 aromatic heterocycles. The van der Waals surface area contributed by atoms with Crippen LogP contribution in [0.25, 0.3) is 11.3 Å². The van der Waals surface area contributed by atoms with Crippen LogP contribution in [0.2, 0.25) is 0 Å². The third kappa shape index (κ3) is 3.20. The van der Waals surface area contributed by atoms with Gasteiger partial charge in [0.25, 0.3) is 0 Å². The van der Waals surface area contributed by atoms with Crippen LogP contribution in [-0.4, -0.2) is 15.1 Å². The van der Waals surface area contributed by atoms with Gasteiger partial charge in [-0.2, -0.15) is 0 Å². The zero-order chi connectivity index (χ0) is 14.7. The maximum atomic E-state index is 13.2. The van der Waals surface area contributed by atoms with E-state index in [4.69, 9.17) is 0 Å². The van der Waals surface area contributed by atoms with Crippen LogP contribution in [0.15, 0.2) is 55.0 Å². The highest BCUT2D eigenvalue weighted by molar-refractivity contribution is 5.61. The van der Waals surface area contributed by atoms with E-state index in [1.807, 2.05) is 24.3 Å². The quantitative estimate of drug-likeness (QED) is 0.686. The topological polar surface area (TPSA) is 60.9 Å². The number of rotatable bonds is 4. The van der Waals surface area contributed by atoms with Crippen LogP contribution in [0, 0.1) is 5.82 Å². The van der Waals surface area contributed by atoms with Crippen molar-refractivity contribution in [3.63, 3.8) is 0 Å². The van der Waals surface area contributed by atoms with E-state index in [9.17, 15) is 9.50 Å². The second-order valence-electron chi connectivity index (χ2n) is 4.71. The Morgan fingerprint density at radius 1 is 1.14 bits per heavy atom. The molecule has 0 aliphatic rings. The Morgan fingerprint density at radius 3 is 2.62 bits per heavy atom. The summed E-state index contributed by atoms with van der Waals surface area (Å²) in [5.41, 5.74) is 3.60. The first-order valence-electron chi connectivity index (χ1n) is 6.52. The van der Waals surface area contributed by atoms with Gasteiger partial charge >= 0.3 is 0 Å². The van der Waals surface area contributed by atoms with Crippen LogP contribution in [0.4, 0.5) is 10.1 Å². The van der Waals surface area contributed by atoms with Crippen molar-refractivity contribution < 1.29 is 9.50 Å². The predicted molar refractivity (Wildman–Crippen MR) is 79.4 cm³/mol. The summed E-state index contributed by atoms with van der Waals surface area (Å²) < 4.78 is 13.2. The van der Waals surface area contributed by atoms with Gasteiger partial charge in [-0.15, -0.1) is 0 Å². The summed E-state index contributed by atoms with van der Waals surface area (Å²) in [4.78, 5) is 7.03. The molecule has 21 heavy (non-hydrogen) atoms. The molecule has 5 heteroatoms. The number of benzene rings is 2. The van der Waals surface area contributed by atoms with Crippen molar-refractivity contribution >= 4 is 5.69 Å². The Labute approximate surface area is 121 Å². The van der Waals surface area contributed by atoms with Crippen molar-refractivity contribution in [3.8, 4) is 17.0 Å². The highest BCUT2D eigenvalue weighted by Crippen LogP contribution is 2.20. The highest BCUT2D eigenvalue weighted by atomic mass is 19.1. The number of hydrogen-bond donors (Lipinski definition) is 3. The van der Waals surface area contributed by atoms with E-state index in [0.29, 0.717) is 12.1 Å². The number of aromatic hydroxyl groups is 1. The number of halogens is 1. The van der Waals surface area contributed by atoms with Gasteiger partial charge in [0, 0.05) is 18.3 Å². The Kier molecular flexibility index (Phi) is 3.55. The van der Waals surface area contributed by atoms with Gasteiger partial charge in [-0.05, 0) is 35.4 Å².